The lowest BCUT2D eigenvalue weighted by molar-refractivity contribution is 0.0890. The van der Waals surface area contributed by atoms with Gasteiger partial charge in [-0.1, -0.05) is 0 Å². The van der Waals surface area contributed by atoms with E-state index in [1.54, 1.807) is 0 Å². The standard InChI is InChI=1S/C16H24N2O2/c1-4-18(5-2)14-8-6-13(7-9-14)15(19)17-16(3)10-11-20-12-16/h6-9H,4-5,10-12H2,1-3H3,(H,17,19). The third kappa shape index (κ3) is 3.31. The Kier molecular flexibility index (Phi) is 4.65. The summed E-state index contributed by atoms with van der Waals surface area (Å²) in [5.41, 5.74) is 1.63. The minimum absolute atomic E-state index is 0.0240. The van der Waals surface area contributed by atoms with Crippen molar-refractivity contribution in [3.05, 3.63) is 29.8 Å². The first-order chi connectivity index (χ1) is 9.58. The topological polar surface area (TPSA) is 41.6 Å². The number of carbonyl (C=O) groups excluding carboxylic acids is 1. The van der Waals surface area contributed by atoms with Gasteiger partial charge in [0.25, 0.3) is 5.91 Å². The Hall–Kier alpha value is -1.55. The molecule has 4 heteroatoms. The number of carbonyl (C=O) groups is 1. The zero-order valence-corrected chi connectivity index (χ0v) is 12.6. The minimum atomic E-state index is -0.228. The highest BCUT2D eigenvalue weighted by Gasteiger charge is 2.31. The molecule has 1 unspecified atom stereocenters. The molecule has 1 atom stereocenters. The lowest BCUT2D eigenvalue weighted by atomic mass is 10.0. The van der Waals surface area contributed by atoms with E-state index in [4.69, 9.17) is 4.74 Å². The van der Waals surface area contributed by atoms with E-state index in [0.29, 0.717) is 12.2 Å². The number of hydrogen-bond acceptors (Lipinski definition) is 3. The van der Waals surface area contributed by atoms with Crippen LogP contribution in [-0.4, -0.2) is 37.7 Å². The largest absolute Gasteiger partial charge is 0.379 e. The van der Waals surface area contributed by atoms with Crippen molar-refractivity contribution in [2.24, 2.45) is 0 Å². The minimum Gasteiger partial charge on any atom is -0.379 e. The van der Waals surface area contributed by atoms with Crippen LogP contribution in [0, 0.1) is 0 Å². The van der Waals surface area contributed by atoms with Gasteiger partial charge in [0.15, 0.2) is 0 Å². The third-order valence-electron chi connectivity index (χ3n) is 3.89. The molecular formula is C16H24N2O2. The summed E-state index contributed by atoms with van der Waals surface area (Å²) in [6.07, 6.45) is 0.871. The summed E-state index contributed by atoms with van der Waals surface area (Å²) in [4.78, 5) is 14.5. The van der Waals surface area contributed by atoms with Gasteiger partial charge in [0, 0.05) is 30.9 Å². The first-order valence-corrected chi connectivity index (χ1v) is 7.33. The summed E-state index contributed by atoms with van der Waals surface area (Å²) in [5.74, 6) is -0.0240. The Balaban J connectivity index is 2.04. The maximum atomic E-state index is 12.2. The molecule has 1 saturated heterocycles. The third-order valence-corrected chi connectivity index (χ3v) is 3.89. The molecule has 1 aromatic carbocycles. The van der Waals surface area contributed by atoms with Gasteiger partial charge >= 0.3 is 0 Å². The molecule has 1 heterocycles. The summed E-state index contributed by atoms with van der Waals surface area (Å²) in [6.45, 7) is 9.54. The van der Waals surface area contributed by atoms with E-state index in [1.807, 2.05) is 31.2 Å². The summed E-state index contributed by atoms with van der Waals surface area (Å²) in [6, 6.07) is 7.80. The lowest BCUT2D eigenvalue weighted by Gasteiger charge is -2.24. The number of nitrogens with one attached hydrogen (secondary N) is 1. The van der Waals surface area contributed by atoms with Crippen molar-refractivity contribution >= 4 is 11.6 Å². The summed E-state index contributed by atoms with van der Waals surface area (Å²) >= 11 is 0. The molecule has 0 bridgehead atoms. The molecule has 0 aliphatic carbocycles. The molecular weight excluding hydrogens is 252 g/mol. The molecule has 2 rings (SSSR count). The molecule has 20 heavy (non-hydrogen) atoms. The van der Waals surface area contributed by atoms with Crippen molar-refractivity contribution in [3.8, 4) is 0 Å². The Morgan fingerprint density at radius 3 is 2.45 bits per heavy atom. The van der Waals surface area contributed by atoms with Crippen molar-refractivity contribution < 1.29 is 9.53 Å². The van der Waals surface area contributed by atoms with E-state index < -0.39 is 0 Å². The predicted molar refractivity (Wildman–Crippen MR) is 81.3 cm³/mol. The van der Waals surface area contributed by atoms with Crippen molar-refractivity contribution in [3.63, 3.8) is 0 Å². The molecule has 0 aromatic heterocycles. The number of amides is 1. The normalized spacial score (nSPS) is 21.8. The maximum absolute atomic E-state index is 12.2. The van der Waals surface area contributed by atoms with Crippen LogP contribution < -0.4 is 10.2 Å². The van der Waals surface area contributed by atoms with Crippen molar-refractivity contribution in [2.45, 2.75) is 32.7 Å². The Morgan fingerprint density at radius 1 is 1.30 bits per heavy atom. The van der Waals surface area contributed by atoms with Gasteiger partial charge in [0.2, 0.25) is 0 Å². The second kappa shape index (κ2) is 6.27. The fourth-order valence-corrected chi connectivity index (χ4v) is 2.52. The van der Waals surface area contributed by atoms with Crippen LogP contribution in [0.2, 0.25) is 0 Å². The quantitative estimate of drug-likeness (QED) is 0.898. The molecule has 1 aromatic rings. The molecule has 0 spiro atoms. The van der Waals surface area contributed by atoms with Gasteiger partial charge < -0.3 is 15.0 Å². The number of anilines is 1. The average Bonchev–Trinajstić information content (AvgIpc) is 2.87. The lowest BCUT2D eigenvalue weighted by Crippen LogP contribution is -2.46. The average molecular weight is 276 g/mol. The Bertz CT molecular complexity index is 446. The van der Waals surface area contributed by atoms with Crippen LogP contribution in [0.4, 0.5) is 5.69 Å². The van der Waals surface area contributed by atoms with Gasteiger partial charge in [-0.3, -0.25) is 4.79 Å². The van der Waals surface area contributed by atoms with Crippen LogP contribution in [0.25, 0.3) is 0 Å². The maximum Gasteiger partial charge on any atom is 0.251 e. The van der Waals surface area contributed by atoms with Crippen LogP contribution in [0.5, 0.6) is 0 Å². The molecule has 1 aliphatic rings. The van der Waals surface area contributed by atoms with Crippen LogP contribution >= 0.6 is 0 Å². The van der Waals surface area contributed by atoms with Crippen molar-refractivity contribution in [2.75, 3.05) is 31.2 Å². The fraction of sp³-hybridized carbons (Fsp3) is 0.562. The predicted octanol–water partition coefficient (Wildman–Crippen LogP) is 2.44. The SMILES string of the molecule is CCN(CC)c1ccc(C(=O)NC2(C)CCOC2)cc1. The first kappa shape index (κ1) is 14.9. The molecule has 0 radical (unpaired) electrons. The van der Waals surface area contributed by atoms with Crippen LogP contribution in [0.3, 0.4) is 0 Å². The molecule has 1 amide bonds. The molecule has 1 fully saturated rings. The highest BCUT2D eigenvalue weighted by molar-refractivity contribution is 5.95. The molecule has 1 aliphatic heterocycles. The van der Waals surface area contributed by atoms with Crippen molar-refractivity contribution in [1.82, 2.24) is 5.32 Å². The Morgan fingerprint density at radius 2 is 1.95 bits per heavy atom. The molecule has 1 N–H and O–H groups in total. The zero-order chi connectivity index (χ0) is 14.6. The molecule has 0 saturated carbocycles. The molecule has 110 valence electrons. The van der Waals surface area contributed by atoms with E-state index in [0.717, 1.165) is 31.8 Å². The van der Waals surface area contributed by atoms with E-state index in [9.17, 15) is 4.79 Å². The van der Waals surface area contributed by atoms with Gasteiger partial charge in [0.1, 0.15) is 0 Å². The Labute approximate surface area is 121 Å². The number of hydrogen-bond donors (Lipinski definition) is 1. The van der Waals surface area contributed by atoms with Gasteiger partial charge in [-0.25, -0.2) is 0 Å². The van der Waals surface area contributed by atoms with Crippen LogP contribution in [-0.2, 0) is 4.74 Å². The van der Waals surface area contributed by atoms with Crippen LogP contribution in [0.1, 0.15) is 37.6 Å². The van der Waals surface area contributed by atoms with E-state index in [-0.39, 0.29) is 11.4 Å². The van der Waals surface area contributed by atoms with Gasteiger partial charge in [-0.15, -0.1) is 0 Å². The van der Waals surface area contributed by atoms with Crippen molar-refractivity contribution in [1.29, 1.82) is 0 Å². The number of ether oxygens (including phenoxy) is 1. The number of rotatable bonds is 5. The highest BCUT2D eigenvalue weighted by Crippen LogP contribution is 2.19. The van der Waals surface area contributed by atoms with E-state index >= 15 is 0 Å². The van der Waals surface area contributed by atoms with E-state index in [1.165, 1.54) is 0 Å². The fourth-order valence-electron chi connectivity index (χ4n) is 2.52. The molecule has 4 nitrogen and oxygen atoms in total. The summed E-state index contributed by atoms with van der Waals surface area (Å²) in [5, 5.41) is 3.07. The second-order valence-electron chi connectivity index (χ2n) is 5.54. The highest BCUT2D eigenvalue weighted by atomic mass is 16.5. The number of nitrogens with zero attached hydrogens (tertiary/aromatic N) is 1. The summed E-state index contributed by atoms with van der Waals surface area (Å²) < 4.78 is 5.36. The smallest absolute Gasteiger partial charge is 0.251 e. The van der Waals surface area contributed by atoms with E-state index in [2.05, 4.69) is 24.1 Å². The summed E-state index contributed by atoms with van der Waals surface area (Å²) in [7, 11) is 0. The first-order valence-electron chi connectivity index (χ1n) is 7.33. The number of benzene rings is 1. The van der Waals surface area contributed by atoms with Gasteiger partial charge in [-0.2, -0.15) is 0 Å². The second-order valence-corrected chi connectivity index (χ2v) is 5.54. The van der Waals surface area contributed by atoms with Crippen LogP contribution in [0.15, 0.2) is 24.3 Å². The zero-order valence-electron chi connectivity index (χ0n) is 12.6. The monoisotopic (exact) mass is 276 g/mol. The van der Waals surface area contributed by atoms with Gasteiger partial charge in [-0.05, 0) is 51.5 Å². The van der Waals surface area contributed by atoms with Gasteiger partial charge in [0.05, 0.1) is 12.1 Å².